The second-order valence-electron chi connectivity index (χ2n) is 2.29. The lowest BCUT2D eigenvalue weighted by Crippen LogP contribution is -1.96. The van der Waals surface area contributed by atoms with E-state index < -0.39 is 23.1 Å². The summed E-state index contributed by atoms with van der Waals surface area (Å²) < 4.78 is 25.4. The van der Waals surface area contributed by atoms with Gasteiger partial charge >= 0.3 is 5.69 Å². The van der Waals surface area contributed by atoms with Gasteiger partial charge in [0.1, 0.15) is 6.67 Å². The Hall–Kier alpha value is -1.04. The highest BCUT2D eigenvalue weighted by Gasteiger charge is 2.18. The molecule has 0 bridgehead atoms. The molecule has 0 spiro atoms. The molecule has 13 heavy (non-hydrogen) atoms. The minimum absolute atomic E-state index is 0.285. The van der Waals surface area contributed by atoms with Crippen molar-refractivity contribution in [3.8, 4) is 0 Å². The van der Waals surface area contributed by atoms with Crippen LogP contribution in [0.3, 0.4) is 0 Å². The van der Waals surface area contributed by atoms with E-state index in [9.17, 15) is 18.9 Å². The molecule has 0 aliphatic heterocycles. The van der Waals surface area contributed by atoms with Crippen LogP contribution in [0.15, 0.2) is 16.6 Å². The zero-order valence-electron chi connectivity index (χ0n) is 6.26. The Morgan fingerprint density at radius 3 is 2.62 bits per heavy atom. The van der Waals surface area contributed by atoms with Crippen LogP contribution in [0, 0.1) is 15.9 Å². The van der Waals surface area contributed by atoms with E-state index in [1.807, 2.05) is 0 Å². The Kier molecular flexibility index (Phi) is 2.92. The molecule has 0 radical (unpaired) electrons. The molecule has 0 fully saturated rings. The van der Waals surface area contributed by atoms with Gasteiger partial charge in [0.2, 0.25) is 5.82 Å². The average Bonchev–Trinajstić information content (AvgIpc) is 2.08. The molecule has 0 aliphatic rings. The molecular formula is C7H4BrF2NO2. The van der Waals surface area contributed by atoms with Gasteiger partial charge in [-0.25, -0.2) is 4.39 Å². The molecule has 0 heterocycles. The summed E-state index contributed by atoms with van der Waals surface area (Å²) in [5.41, 5.74) is -1.04. The van der Waals surface area contributed by atoms with E-state index in [0.717, 1.165) is 6.07 Å². The van der Waals surface area contributed by atoms with Gasteiger partial charge in [0, 0.05) is 16.1 Å². The summed E-state index contributed by atoms with van der Waals surface area (Å²) in [6, 6.07) is 2.16. The van der Waals surface area contributed by atoms with E-state index in [2.05, 4.69) is 15.9 Å². The van der Waals surface area contributed by atoms with E-state index in [-0.39, 0.29) is 10.0 Å². The number of hydrogen-bond acceptors (Lipinski definition) is 2. The number of halogens is 3. The molecular weight excluding hydrogens is 248 g/mol. The maximum atomic E-state index is 13.0. The third kappa shape index (κ3) is 2.00. The first kappa shape index (κ1) is 10.0. The van der Waals surface area contributed by atoms with Crippen molar-refractivity contribution in [2.24, 2.45) is 0 Å². The zero-order chi connectivity index (χ0) is 10.0. The van der Waals surface area contributed by atoms with Gasteiger partial charge < -0.3 is 0 Å². The molecule has 0 amide bonds. The van der Waals surface area contributed by atoms with Crippen LogP contribution < -0.4 is 0 Å². The van der Waals surface area contributed by atoms with Crippen LogP contribution in [-0.4, -0.2) is 4.92 Å². The zero-order valence-corrected chi connectivity index (χ0v) is 7.85. The van der Waals surface area contributed by atoms with Crippen molar-refractivity contribution in [2.75, 3.05) is 0 Å². The molecule has 1 rings (SSSR count). The van der Waals surface area contributed by atoms with Gasteiger partial charge in [0.25, 0.3) is 0 Å². The Morgan fingerprint density at radius 1 is 1.54 bits per heavy atom. The van der Waals surface area contributed by atoms with Crippen LogP contribution >= 0.6 is 15.9 Å². The molecule has 0 atom stereocenters. The lowest BCUT2D eigenvalue weighted by atomic mass is 10.2. The van der Waals surface area contributed by atoms with Crippen LogP contribution in [0.5, 0.6) is 0 Å². The van der Waals surface area contributed by atoms with Gasteiger partial charge in [-0.2, -0.15) is 4.39 Å². The average molecular weight is 252 g/mol. The number of alkyl halides is 1. The summed E-state index contributed by atoms with van der Waals surface area (Å²) in [5.74, 6) is -1.12. The molecule has 0 N–H and O–H groups in total. The Balaban J connectivity index is 3.35. The van der Waals surface area contributed by atoms with Crippen molar-refractivity contribution in [3.63, 3.8) is 0 Å². The number of nitro groups is 1. The first-order valence-corrected chi connectivity index (χ1v) is 4.04. The Morgan fingerprint density at radius 2 is 2.15 bits per heavy atom. The second kappa shape index (κ2) is 3.78. The molecule has 3 nitrogen and oxygen atoms in total. The first-order chi connectivity index (χ1) is 6.06. The summed E-state index contributed by atoms with van der Waals surface area (Å²) in [5, 5.41) is 10.3. The van der Waals surface area contributed by atoms with Gasteiger partial charge in [-0.1, -0.05) is 15.9 Å². The standard InChI is InChI=1S/C7H4BrF2NO2/c8-5-1-4(3-9)7(10)6(2-5)11(12)13/h1-2H,3H2. The SMILES string of the molecule is O=[N+]([O-])c1cc(Br)cc(CF)c1F. The maximum Gasteiger partial charge on any atom is 0.306 e. The van der Waals surface area contributed by atoms with Crippen LogP contribution in [0.4, 0.5) is 14.5 Å². The predicted molar refractivity (Wildman–Crippen MR) is 45.6 cm³/mol. The molecule has 0 unspecified atom stereocenters. The van der Waals surface area contributed by atoms with E-state index in [1.54, 1.807) is 0 Å². The molecule has 1 aromatic rings. The highest BCUT2D eigenvalue weighted by molar-refractivity contribution is 9.10. The van der Waals surface area contributed by atoms with Crippen LogP contribution in [0.1, 0.15) is 5.56 Å². The quantitative estimate of drug-likeness (QED) is 0.599. The summed E-state index contributed by atoms with van der Waals surface area (Å²) in [7, 11) is 0. The highest BCUT2D eigenvalue weighted by Crippen LogP contribution is 2.26. The van der Waals surface area contributed by atoms with Crippen molar-refractivity contribution in [2.45, 2.75) is 6.67 Å². The minimum atomic E-state index is -1.12. The molecule has 6 heteroatoms. The highest BCUT2D eigenvalue weighted by atomic mass is 79.9. The molecule has 1 aromatic carbocycles. The summed E-state index contributed by atoms with van der Waals surface area (Å²) in [4.78, 5) is 9.37. The number of rotatable bonds is 2. The third-order valence-corrected chi connectivity index (χ3v) is 1.89. The Bertz CT molecular complexity index is 357. The van der Waals surface area contributed by atoms with E-state index >= 15 is 0 Å². The van der Waals surface area contributed by atoms with E-state index in [1.165, 1.54) is 6.07 Å². The monoisotopic (exact) mass is 251 g/mol. The number of hydrogen-bond donors (Lipinski definition) is 0. The van der Waals surface area contributed by atoms with Gasteiger partial charge in [0.15, 0.2) is 0 Å². The smallest absolute Gasteiger partial charge is 0.258 e. The van der Waals surface area contributed by atoms with Gasteiger partial charge in [0.05, 0.1) is 4.92 Å². The van der Waals surface area contributed by atoms with Crippen molar-refractivity contribution < 1.29 is 13.7 Å². The van der Waals surface area contributed by atoms with Gasteiger partial charge in [-0.15, -0.1) is 0 Å². The second-order valence-corrected chi connectivity index (χ2v) is 3.20. The third-order valence-electron chi connectivity index (χ3n) is 1.43. The molecule has 70 valence electrons. The van der Waals surface area contributed by atoms with Crippen LogP contribution in [-0.2, 0) is 6.67 Å². The van der Waals surface area contributed by atoms with Crippen LogP contribution in [0.25, 0.3) is 0 Å². The summed E-state index contributed by atoms with van der Waals surface area (Å²) in [6.07, 6.45) is 0. The first-order valence-electron chi connectivity index (χ1n) is 3.24. The molecule has 0 saturated heterocycles. The number of benzene rings is 1. The van der Waals surface area contributed by atoms with Crippen molar-refractivity contribution >= 4 is 21.6 Å². The van der Waals surface area contributed by atoms with E-state index in [4.69, 9.17) is 0 Å². The fraction of sp³-hybridized carbons (Fsp3) is 0.143. The predicted octanol–water partition coefficient (Wildman–Crippen LogP) is 2.97. The topological polar surface area (TPSA) is 43.1 Å². The summed E-state index contributed by atoms with van der Waals surface area (Å²) in [6.45, 7) is -1.06. The van der Waals surface area contributed by atoms with Gasteiger partial charge in [-0.3, -0.25) is 10.1 Å². The van der Waals surface area contributed by atoms with Crippen molar-refractivity contribution in [3.05, 3.63) is 38.1 Å². The molecule has 0 aliphatic carbocycles. The van der Waals surface area contributed by atoms with Crippen LogP contribution in [0.2, 0.25) is 0 Å². The summed E-state index contributed by atoms with van der Waals surface area (Å²) >= 11 is 2.92. The van der Waals surface area contributed by atoms with Gasteiger partial charge in [-0.05, 0) is 6.07 Å². The lowest BCUT2D eigenvalue weighted by Gasteiger charge is -1.99. The molecule has 0 saturated carbocycles. The number of nitrogens with zero attached hydrogens (tertiary/aromatic N) is 1. The minimum Gasteiger partial charge on any atom is -0.258 e. The normalized spacial score (nSPS) is 10.1. The van der Waals surface area contributed by atoms with Crippen molar-refractivity contribution in [1.29, 1.82) is 0 Å². The fourth-order valence-electron chi connectivity index (χ4n) is 0.860. The fourth-order valence-corrected chi connectivity index (χ4v) is 1.35. The lowest BCUT2D eigenvalue weighted by molar-refractivity contribution is -0.387. The largest absolute Gasteiger partial charge is 0.306 e. The number of nitro benzene ring substituents is 1. The Labute approximate surface area is 80.6 Å². The van der Waals surface area contributed by atoms with Crippen molar-refractivity contribution in [1.82, 2.24) is 0 Å². The maximum absolute atomic E-state index is 13.0. The van der Waals surface area contributed by atoms with E-state index in [0.29, 0.717) is 0 Å². The molecule has 0 aromatic heterocycles.